The van der Waals surface area contributed by atoms with Crippen LogP contribution in [0.2, 0.25) is 0 Å². The van der Waals surface area contributed by atoms with Crippen LogP contribution in [0.1, 0.15) is 35.3 Å². The summed E-state index contributed by atoms with van der Waals surface area (Å²) in [5, 5.41) is 9.06. The first-order chi connectivity index (χ1) is 10.5. The molecule has 0 spiro atoms. The van der Waals surface area contributed by atoms with Gasteiger partial charge in [0.2, 0.25) is 15.9 Å². The Balaban J connectivity index is 2.22. The number of nitrogens with zero attached hydrogens (tertiary/aromatic N) is 1. The Hall–Kier alpha value is -1.93. The number of aromatic carboxylic acids is 1. The van der Waals surface area contributed by atoms with Gasteiger partial charge in [-0.1, -0.05) is 6.07 Å². The number of amides is 1. The number of hydrogen-bond donors (Lipinski definition) is 2. The maximum atomic E-state index is 12.6. The monoisotopic (exact) mass is 340 g/mol. The van der Waals surface area contributed by atoms with E-state index in [9.17, 15) is 18.0 Å². The molecule has 1 aromatic rings. The zero-order valence-corrected chi connectivity index (χ0v) is 14.1. The molecule has 7 nitrogen and oxygen atoms in total. The quantitative estimate of drug-likeness (QED) is 0.835. The standard InChI is InChI=1S/C15H20N2O5S/c1-15(2,16-23(3,21)22)14(20)17-7-6-10-4-5-11(13(18)19)8-12(10)9-17/h4-5,8,16H,6-7,9H2,1-3H3,(H,18,19). The molecule has 0 fully saturated rings. The molecule has 2 rings (SSSR count). The van der Waals surface area contributed by atoms with Crippen molar-refractivity contribution in [3.8, 4) is 0 Å². The van der Waals surface area contributed by atoms with Gasteiger partial charge < -0.3 is 10.0 Å². The summed E-state index contributed by atoms with van der Waals surface area (Å²) in [4.78, 5) is 25.2. The summed E-state index contributed by atoms with van der Waals surface area (Å²) < 4.78 is 25.1. The molecule has 0 aromatic heterocycles. The lowest BCUT2D eigenvalue weighted by molar-refractivity contribution is -0.137. The average molecular weight is 340 g/mol. The van der Waals surface area contributed by atoms with Crippen LogP contribution >= 0.6 is 0 Å². The van der Waals surface area contributed by atoms with Gasteiger partial charge in [0.05, 0.1) is 11.8 Å². The summed E-state index contributed by atoms with van der Waals surface area (Å²) >= 11 is 0. The minimum Gasteiger partial charge on any atom is -0.478 e. The molecule has 0 bridgehead atoms. The first-order valence-electron chi connectivity index (χ1n) is 7.13. The molecule has 0 aliphatic carbocycles. The van der Waals surface area contributed by atoms with E-state index in [2.05, 4.69) is 4.72 Å². The van der Waals surface area contributed by atoms with E-state index >= 15 is 0 Å². The van der Waals surface area contributed by atoms with E-state index in [4.69, 9.17) is 5.11 Å². The van der Waals surface area contributed by atoms with Crippen LogP contribution in [0.25, 0.3) is 0 Å². The molecule has 23 heavy (non-hydrogen) atoms. The van der Waals surface area contributed by atoms with Crippen molar-refractivity contribution in [2.75, 3.05) is 12.8 Å². The van der Waals surface area contributed by atoms with Crippen molar-refractivity contribution in [1.29, 1.82) is 0 Å². The highest BCUT2D eigenvalue weighted by atomic mass is 32.2. The van der Waals surface area contributed by atoms with Gasteiger partial charge in [0.25, 0.3) is 0 Å². The summed E-state index contributed by atoms with van der Waals surface area (Å²) in [5.74, 6) is -1.36. The molecule has 1 aliphatic heterocycles. The molecule has 126 valence electrons. The summed E-state index contributed by atoms with van der Waals surface area (Å²) in [6, 6.07) is 4.88. The van der Waals surface area contributed by atoms with E-state index in [1.54, 1.807) is 23.1 Å². The van der Waals surface area contributed by atoms with Crippen LogP contribution in [0.3, 0.4) is 0 Å². The second-order valence-corrected chi connectivity index (χ2v) is 8.01. The van der Waals surface area contributed by atoms with Crippen LogP contribution < -0.4 is 4.72 Å². The number of carbonyl (C=O) groups is 2. The maximum absolute atomic E-state index is 12.6. The minimum absolute atomic E-state index is 0.173. The molecule has 2 N–H and O–H groups in total. The van der Waals surface area contributed by atoms with Gasteiger partial charge in [-0.3, -0.25) is 4.79 Å². The SMILES string of the molecule is CC(C)(NS(C)(=O)=O)C(=O)N1CCc2ccc(C(=O)O)cc2C1. The second-order valence-electron chi connectivity index (χ2n) is 6.26. The number of benzene rings is 1. The van der Waals surface area contributed by atoms with Crippen LogP contribution in [0.5, 0.6) is 0 Å². The fourth-order valence-corrected chi connectivity index (χ4v) is 3.78. The molecule has 8 heteroatoms. The number of rotatable bonds is 4. The van der Waals surface area contributed by atoms with E-state index in [-0.39, 0.29) is 18.0 Å². The van der Waals surface area contributed by atoms with Crippen molar-refractivity contribution in [2.45, 2.75) is 32.4 Å². The van der Waals surface area contributed by atoms with E-state index in [0.29, 0.717) is 13.0 Å². The van der Waals surface area contributed by atoms with Gasteiger partial charge in [-0.15, -0.1) is 0 Å². The Morgan fingerprint density at radius 3 is 2.48 bits per heavy atom. The molecule has 1 amide bonds. The first kappa shape index (κ1) is 17.4. The Labute approximate surface area is 135 Å². The van der Waals surface area contributed by atoms with E-state index in [1.807, 2.05) is 0 Å². The highest BCUT2D eigenvalue weighted by Crippen LogP contribution is 2.23. The number of hydrogen-bond acceptors (Lipinski definition) is 4. The van der Waals surface area contributed by atoms with Crippen LogP contribution in [-0.4, -0.2) is 48.6 Å². The van der Waals surface area contributed by atoms with Crippen molar-refractivity contribution in [3.63, 3.8) is 0 Å². The fraction of sp³-hybridized carbons (Fsp3) is 0.467. The number of fused-ring (bicyclic) bond motifs is 1. The Bertz CT molecular complexity index is 755. The van der Waals surface area contributed by atoms with Crippen molar-refractivity contribution in [3.05, 3.63) is 34.9 Å². The molecule has 0 radical (unpaired) electrons. The molecule has 0 atom stereocenters. The van der Waals surface area contributed by atoms with Gasteiger partial charge in [-0.05, 0) is 43.5 Å². The third kappa shape index (κ3) is 4.08. The highest BCUT2D eigenvalue weighted by Gasteiger charge is 2.35. The van der Waals surface area contributed by atoms with Gasteiger partial charge in [0, 0.05) is 13.1 Å². The summed E-state index contributed by atoms with van der Waals surface area (Å²) in [7, 11) is -3.52. The molecule has 0 saturated heterocycles. The van der Waals surface area contributed by atoms with Crippen molar-refractivity contribution < 1.29 is 23.1 Å². The number of carboxylic acids is 1. The van der Waals surface area contributed by atoms with Crippen molar-refractivity contribution >= 4 is 21.9 Å². The molecule has 1 heterocycles. The normalized spacial score (nSPS) is 15.2. The minimum atomic E-state index is -3.52. The lowest BCUT2D eigenvalue weighted by Gasteiger charge is -2.35. The third-order valence-corrected chi connectivity index (χ3v) is 4.61. The van der Waals surface area contributed by atoms with Gasteiger partial charge >= 0.3 is 5.97 Å². The van der Waals surface area contributed by atoms with Gasteiger partial charge in [0.15, 0.2) is 0 Å². The number of sulfonamides is 1. The van der Waals surface area contributed by atoms with Crippen molar-refractivity contribution in [2.24, 2.45) is 0 Å². The topological polar surface area (TPSA) is 104 Å². The summed E-state index contributed by atoms with van der Waals surface area (Å²) in [6.45, 7) is 3.76. The molecule has 1 aliphatic rings. The lowest BCUT2D eigenvalue weighted by atomic mass is 9.95. The Morgan fingerprint density at radius 2 is 1.91 bits per heavy atom. The van der Waals surface area contributed by atoms with Gasteiger partial charge in [-0.2, -0.15) is 0 Å². The third-order valence-electron chi connectivity index (χ3n) is 3.73. The molecular formula is C15H20N2O5S. The van der Waals surface area contributed by atoms with Gasteiger partial charge in [0.1, 0.15) is 5.54 Å². The summed E-state index contributed by atoms with van der Waals surface area (Å²) in [6.07, 6.45) is 1.61. The van der Waals surface area contributed by atoms with Crippen LogP contribution in [0, 0.1) is 0 Å². The Kier molecular flexibility index (Phi) is 4.50. The predicted molar refractivity (Wildman–Crippen MR) is 84.6 cm³/mol. The van der Waals surface area contributed by atoms with Crippen LogP contribution in [-0.2, 0) is 27.8 Å². The average Bonchev–Trinajstić information content (AvgIpc) is 2.42. The molecule has 1 aromatic carbocycles. The molecular weight excluding hydrogens is 320 g/mol. The molecule has 0 saturated carbocycles. The summed E-state index contributed by atoms with van der Waals surface area (Å²) in [5.41, 5.74) is 0.703. The van der Waals surface area contributed by atoms with E-state index in [1.165, 1.54) is 13.8 Å². The maximum Gasteiger partial charge on any atom is 0.335 e. The fourth-order valence-electron chi connectivity index (χ4n) is 2.77. The number of carbonyl (C=O) groups excluding carboxylic acids is 1. The lowest BCUT2D eigenvalue weighted by Crippen LogP contribution is -2.56. The predicted octanol–water partition coefficient (Wildman–Crippen LogP) is 0.597. The highest BCUT2D eigenvalue weighted by molar-refractivity contribution is 7.88. The van der Waals surface area contributed by atoms with Crippen LogP contribution in [0.15, 0.2) is 18.2 Å². The van der Waals surface area contributed by atoms with Gasteiger partial charge in [-0.25, -0.2) is 17.9 Å². The second kappa shape index (κ2) is 5.93. The van der Waals surface area contributed by atoms with Crippen molar-refractivity contribution in [1.82, 2.24) is 9.62 Å². The first-order valence-corrected chi connectivity index (χ1v) is 9.02. The van der Waals surface area contributed by atoms with E-state index in [0.717, 1.165) is 17.4 Å². The molecule has 0 unspecified atom stereocenters. The largest absolute Gasteiger partial charge is 0.478 e. The number of nitrogens with one attached hydrogen (secondary N) is 1. The Morgan fingerprint density at radius 1 is 1.26 bits per heavy atom. The zero-order valence-electron chi connectivity index (χ0n) is 13.3. The number of carboxylic acid groups (broad SMARTS) is 1. The smallest absolute Gasteiger partial charge is 0.335 e. The van der Waals surface area contributed by atoms with Crippen LogP contribution in [0.4, 0.5) is 0 Å². The van der Waals surface area contributed by atoms with E-state index < -0.39 is 21.5 Å². The zero-order chi connectivity index (χ0) is 17.4.